The van der Waals surface area contributed by atoms with E-state index in [4.69, 9.17) is 10.2 Å². The number of furan rings is 1. The topological polar surface area (TPSA) is 68.3 Å². The summed E-state index contributed by atoms with van der Waals surface area (Å²) in [6, 6.07) is 1.69. The van der Waals surface area contributed by atoms with Crippen LogP contribution in [0.1, 0.15) is 35.4 Å². The first-order chi connectivity index (χ1) is 7.17. The molecule has 0 saturated heterocycles. The van der Waals surface area contributed by atoms with Crippen molar-refractivity contribution in [3.05, 3.63) is 23.7 Å². The molecular weight excluding hydrogens is 192 g/mol. The van der Waals surface area contributed by atoms with Gasteiger partial charge >= 0.3 is 0 Å². The van der Waals surface area contributed by atoms with Gasteiger partial charge in [-0.2, -0.15) is 0 Å². The van der Waals surface area contributed by atoms with Crippen LogP contribution >= 0.6 is 0 Å². The summed E-state index contributed by atoms with van der Waals surface area (Å²) in [6.45, 7) is 2.29. The van der Waals surface area contributed by atoms with Crippen LogP contribution in [0.15, 0.2) is 16.7 Å². The Morgan fingerprint density at radius 2 is 2.40 bits per heavy atom. The highest BCUT2D eigenvalue weighted by molar-refractivity contribution is 5.95. The van der Waals surface area contributed by atoms with Gasteiger partial charge in [0.1, 0.15) is 5.76 Å². The van der Waals surface area contributed by atoms with E-state index in [1.807, 2.05) is 0 Å². The van der Waals surface area contributed by atoms with E-state index < -0.39 is 0 Å². The molecule has 0 radical (unpaired) electrons. The van der Waals surface area contributed by atoms with E-state index in [0.29, 0.717) is 17.9 Å². The van der Waals surface area contributed by atoms with Gasteiger partial charge in [-0.3, -0.25) is 4.79 Å². The molecule has 1 heterocycles. The minimum absolute atomic E-state index is 0.0774. The summed E-state index contributed by atoms with van der Waals surface area (Å²) in [5.41, 5.74) is 6.11. The molecule has 0 aromatic carbocycles. The van der Waals surface area contributed by atoms with Gasteiger partial charge in [-0.05, 0) is 32.3 Å². The average Bonchev–Trinajstić information content (AvgIpc) is 2.58. The van der Waals surface area contributed by atoms with Crippen LogP contribution in [0.3, 0.4) is 0 Å². The van der Waals surface area contributed by atoms with Gasteiger partial charge in [-0.25, -0.2) is 0 Å². The van der Waals surface area contributed by atoms with E-state index in [2.05, 4.69) is 5.32 Å². The molecule has 0 spiro atoms. The van der Waals surface area contributed by atoms with E-state index in [1.165, 1.54) is 6.26 Å². The fraction of sp³-hybridized carbons (Fsp3) is 0.545. The highest BCUT2D eigenvalue weighted by Gasteiger charge is 2.37. The predicted octanol–water partition coefficient (Wildman–Crippen LogP) is 1.20. The van der Waals surface area contributed by atoms with Gasteiger partial charge in [0.25, 0.3) is 5.91 Å². The quantitative estimate of drug-likeness (QED) is 0.784. The van der Waals surface area contributed by atoms with Crippen LogP contribution in [-0.2, 0) is 0 Å². The zero-order valence-corrected chi connectivity index (χ0v) is 8.88. The molecule has 15 heavy (non-hydrogen) atoms. The molecule has 1 saturated carbocycles. The van der Waals surface area contributed by atoms with Crippen molar-refractivity contribution in [3.8, 4) is 0 Å². The molecule has 4 heteroatoms. The van der Waals surface area contributed by atoms with Crippen molar-refractivity contribution in [1.82, 2.24) is 5.32 Å². The fourth-order valence-electron chi connectivity index (χ4n) is 1.91. The Labute approximate surface area is 88.8 Å². The minimum Gasteiger partial charge on any atom is -0.469 e. The van der Waals surface area contributed by atoms with Crippen molar-refractivity contribution in [2.24, 2.45) is 5.73 Å². The van der Waals surface area contributed by atoms with Crippen LogP contribution in [0.5, 0.6) is 0 Å². The third-order valence-electron chi connectivity index (χ3n) is 3.18. The summed E-state index contributed by atoms with van der Waals surface area (Å²) >= 11 is 0. The SMILES string of the molecule is Cc1occc1C(=O)NC1(CN)CCC1. The van der Waals surface area contributed by atoms with Gasteiger partial charge in [0.2, 0.25) is 0 Å². The summed E-state index contributed by atoms with van der Waals surface area (Å²) in [7, 11) is 0. The molecule has 1 amide bonds. The molecule has 1 aromatic rings. The van der Waals surface area contributed by atoms with Gasteiger partial charge in [0.15, 0.2) is 0 Å². The van der Waals surface area contributed by atoms with Gasteiger partial charge in [-0.1, -0.05) is 0 Å². The number of nitrogens with two attached hydrogens (primary N) is 1. The molecule has 0 aliphatic heterocycles. The smallest absolute Gasteiger partial charge is 0.255 e. The number of carbonyl (C=O) groups excluding carboxylic acids is 1. The van der Waals surface area contributed by atoms with Crippen molar-refractivity contribution in [2.75, 3.05) is 6.54 Å². The number of hydrogen-bond acceptors (Lipinski definition) is 3. The number of rotatable bonds is 3. The Kier molecular flexibility index (Phi) is 2.52. The molecule has 1 fully saturated rings. The Hall–Kier alpha value is -1.29. The molecule has 1 aliphatic carbocycles. The lowest BCUT2D eigenvalue weighted by molar-refractivity contribution is 0.0836. The second kappa shape index (κ2) is 3.70. The van der Waals surface area contributed by atoms with Crippen molar-refractivity contribution in [1.29, 1.82) is 0 Å². The minimum atomic E-state index is -0.166. The van der Waals surface area contributed by atoms with Crippen LogP contribution in [0.25, 0.3) is 0 Å². The monoisotopic (exact) mass is 208 g/mol. The first-order valence-electron chi connectivity index (χ1n) is 5.23. The third-order valence-corrected chi connectivity index (χ3v) is 3.18. The average molecular weight is 208 g/mol. The van der Waals surface area contributed by atoms with Crippen LogP contribution in [0.4, 0.5) is 0 Å². The molecule has 2 rings (SSSR count). The van der Waals surface area contributed by atoms with E-state index in [-0.39, 0.29) is 11.4 Å². The molecule has 3 N–H and O–H groups in total. The molecular formula is C11H16N2O2. The normalized spacial score (nSPS) is 18.3. The second-order valence-electron chi connectivity index (χ2n) is 4.18. The lowest BCUT2D eigenvalue weighted by Crippen LogP contribution is -2.58. The van der Waals surface area contributed by atoms with Crippen molar-refractivity contribution >= 4 is 5.91 Å². The van der Waals surface area contributed by atoms with Crippen molar-refractivity contribution < 1.29 is 9.21 Å². The largest absolute Gasteiger partial charge is 0.469 e. The lowest BCUT2D eigenvalue weighted by atomic mass is 9.76. The van der Waals surface area contributed by atoms with Gasteiger partial charge in [0.05, 0.1) is 17.4 Å². The Morgan fingerprint density at radius 1 is 1.67 bits per heavy atom. The Morgan fingerprint density at radius 3 is 2.80 bits per heavy atom. The van der Waals surface area contributed by atoms with E-state index in [1.54, 1.807) is 13.0 Å². The molecule has 0 unspecified atom stereocenters. The Balaban J connectivity index is 2.07. The molecule has 0 bridgehead atoms. The lowest BCUT2D eigenvalue weighted by Gasteiger charge is -2.41. The zero-order valence-electron chi connectivity index (χ0n) is 8.88. The zero-order chi connectivity index (χ0) is 10.9. The Bertz CT molecular complexity index is 361. The molecule has 0 atom stereocenters. The number of hydrogen-bond donors (Lipinski definition) is 2. The van der Waals surface area contributed by atoms with Crippen LogP contribution in [0, 0.1) is 6.92 Å². The summed E-state index contributed by atoms with van der Waals surface area (Å²) in [5, 5.41) is 3.00. The van der Waals surface area contributed by atoms with E-state index in [9.17, 15) is 4.79 Å². The third kappa shape index (κ3) is 1.77. The van der Waals surface area contributed by atoms with E-state index >= 15 is 0 Å². The highest BCUT2D eigenvalue weighted by atomic mass is 16.3. The maximum absolute atomic E-state index is 11.9. The molecule has 82 valence electrons. The fourth-order valence-corrected chi connectivity index (χ4v) is 1.91. The number of nitrogens with one attached hydrogen (secondary N) is 1. The summed E-state index contributed by atoms with van der Waals surface area (Å²) in [4.78, 5) is 11.9. The predicted molar refractivity (Wildman–Crippen MR) is 56.5 cm³/mol. The number of carbonyl (C=O) groups is 1. The van der Waals surface area contributed by atoms with Crippen molar-refractivity contribution in [3.63, 3.8) is 0 Å². The standard InChI is InChI=1S/C11H16N2O2/c1-8-9(3-6-15-8)10(14)13-11(7-12)4-2-5-11/h3,6H,2,4-5,7,12H2,1H3,(H,13,14). The number of amides is 1. The van der Waals surface area contributed by atoms with Crippen LogP contribution in [0.2, 0.25) is 0 Å². The van der Waals surface area contributed by atoms with Crippen LogP contribution in [-0.4, -0.2) is 18.0 Å². The number of aryl methyl sites for hydroxylation is 1. The second-order valence-corrected chi connectivity index (χ2v) is 4.18. The van der Waals surface area contributed by atoms with Crippen molar-refractivity contribution in [2.45, 2.75) is 31.7 Å². The maximum atomic E-state index is 11.9. The highest BCUT2D eigenvalue weighted by Crippen LogP contribution is 2.31. The van der Waals surface area contributed by atoms with Crippen LogP contribution < -0.4 is 11.1 Å². The molecule has 4 nitrogen and oxygen atoms in total. The molecule has 1 aliphatic rings. The summed E-state index contributed by atoms with van der Waals surface area (Å²) < 4.78 is 5.09. The van der Waals surface area contributed by atoms with Gasteiger partial charge in [0, 0.05) is 6.54 Å². The van der Waals surface area contributed by atoms with Gasteiger partial charge < -0.3 is 15.5 Å². The summed E-state index contributed by atoms with van der Waals surface area (Å²) in [5.74, 6) is 0.574. The summed E-state index contributed by atoms with van der Waals surface area (Å²) in [6.07, 6.45) is 4.63. The van der Waals surface area contributed by atoms with E-state index in [0.717, 1.165) is 19.3 Å². The first kappa shape index (κ1) is 10.2. The first-order valence-corrected chi connectivity index (χ1v) is 5.23. The molecule has 1 aromatic heterocycles. The van der Waals surface area contributed by atoms with Gasteiger partial charge in [-0.15, -0.1) is 0 Å². The maximum Gasteiger partial charge on any atom is 0.255 e.